The van der Waals surface area contributed by atoms with Crippen LogP contribution in [-0.4, -0.2) is 34.7 Å². The van der Waals surface area contributed by atoms with E-state index in [2.05, 4.69) is 27.2 Å². The van der Waals surface area contributed by atoms with E-state index < -0.39 is 0 Å². The Morgan fingerprint density at radius 2 is 1.95 bits per heavy atom. The SMILES string of the molecule is c1ccc(Cc2nnc(C3CCN(CC4CC4)C3)o2)cc1. The highest BCUT2D eigenvalue weighted by Crippen LogP contribution is 2.33. The van der Waals surface area contributed by atoms with Crippen molar-refractivity contribution in [1.29, 1.82) is 0 Å². The molecule has 0 N–H and O–H groups in total. The molecule has 1 atom stereocenters. The average molecular weight is 283 g/mol. The molecule has 1 unspecified atom stereocenters. The van der Waals surface area contributed by atoms with Crippen molar-refractivity contribution in [1.82, 2.24) is 15.1 Å². The van der Waals surface area contributed by atoms with Crippen molar-refractivity contribution in [2.24, 2.45) is 5.92 Å². The Morgan fingerprint density at radius 1 is 1.10 bits per heavy atom. The molecule has 0 bridgehead atoms. The highest BCUT2D eigenvalue weighted by Gasteiger charge is 2.32. The summed E-state index contributed by atoms with van der Waals surface area (Å²) in [7, 11) is 0. The molecule has 110 valence electrons. The van der Waals surface area contributed by atoms with Crippen molar-refractivity contribution in [3.05, 3.63) is 47.7 Å². The van der Waals surface area contributed by atoms with Gasteiger partial charge in [-0.25, -0.2) is 0 Å². The van der Waals surface area contributed by atoms with Crippen LogP contribution in [0.2, 0.25) is 0 Å². The molecule has 4 nitrogen and oxygen atoms in total. The summed E-state index contributed by atoms with van der Waals surface area (Å²) in [6.45, 7) is 3.53. The van der Waals surface area contributed by atoms with Crippen LogP contribution in [-0.2, 0) is 6.42 Å². The van der Waals surface area contributed by atoms with Crippen LogP contribution in [0.5, 0.6) is 0 Å². The molecular formula is C17H21N3O. The summed E-state index contributed by atoms with van der Waals surface area (Å²) in [6, 6.07) is 10.3. The van der Waals surface area contributed by atoms with Gasteiger partial charge >= 0.3 is 0 Å². The Labute approximate surface area is 125 Å². The molecule has 1 aliphatic carbocycles. The van der Waals surface area contributed by atoms with Gasteiger partial charge in [0.1, 0.15) is 0 Å². The largest absolute Gasteiger partial charge is 0.425 e. The number of aromatic nitrogens is 2. The van der Waals surface area contributed by atoms with Crippen molar-refractivity contribution in [3.8, 4) is 0 Å². The lowest BCUT2D eigenvalue weighted by Crippen LogP contribution is -2.22. The van der Waals surface area contributed by atoms with E-state index in [9.17, 15) is 0 Å². The Kier molecular flexibility index (Phi) is 3.47. The number of hydrogen-bond donors (Lipinski definition) is 0. The Morgan fingerprint density at radius 3 is 2.76 bits per heavy atom. The molecule has 1 saturated carbocycles. The van der Waals surface area contributed by atoms with Crippen LogP contribution < -0.4 is 0 Å². The molecule has 1 aromatic heterocycles. The summed E-state index contributed by atoms with van der Waals surface area (Å²) >= 11 is 0. The van der Waals surface area contributed by atoms with E-state index in [1.165, 1.54) is 31.5 Å². The summed E-state index contributed by atoms with van der Waals surface area (Å²) < 4.78 is 5.89. The molecule has 1 aromatic carbocycles. The van der Waals surface area contributed by atoms with Gasteiger partial charge in [0.25, 0.3) is 0 Å². The minimum atomic E-state index is 0.431. The van der Waals surface area contributed by atoms with Gasteiger partial charge in [-0.1, -0.05) is 30.3 Å². The molecule has 2 aliphatic rings. The van der Waals surface area contributed by atoms with Gasteiger partial charge in [0.05, 0.1) is 12.3 Å². The third-order valence-electron chi connectivity index (χ3n) is 4.52. The van der Waals surface area contributed by atoms with Crippen LogP contribution in [0.25, 0.3) is 0 Å². The average Bonchev–Trinajstić information content (AvgIpc) is 2.99. The molecule has 2 aromatic rings. The quantitative estimate of drug-likeness (QED) is 0.846. The third-order valence-corrected chi connectivity index (χ3v) is 4.52. The second kappa shape index (κ2) is 5.60. The fourth-order valence-electron chi connectivity index (χ4n) is 3.14. The highest BCUT2D eigenvalue weighted by atomic mass is 16.4. The molecule has 0 spiro atoms. The fraction of sp³-hybridized carbons (Fsp3) is 0.529. The number of hydrogen-bond acceptors (Lipinski definition) is 4. The first kappa shape index (κ1) is 13.0. The van der Waals surface area contributed by atoms with E-state index in [-0.39, 0.29) is 0 Å². The summed E-state index contributed by atoms with van der Waals surface area (Å²) in [6.07, 6.45) is 4.72. The van der Waals surface area contributed by atoms with Gasteiger partial charge in [0.15, 0.2) is 0 Å². The van der Waals surface area contributed by atoms with Gasteiger partial charge in [0, 0.05) is 13.1 Å². The molecule has 2 fully saturated rings. The zero-order valence-electron chi connectivity index (χ0n) is 12.2. The lowest BCUT2D eigenvalue weighted by Gasteiger charge is -2.13. The van der Waals surface area contributed by atoms with Crippen LogP contribution in [0.4, 0.5) is 0 Å². The maximum absolute atomic E-state index is 5.89. The maximum atomic E-state index is 5.89. The van der Waals surface area contributed by atoms with Gasteiger partial charge in [-0.3, -0.25) is 0 Å². The first-order chi connectivity index (χ1) is 10.4. The van der Waals surface area contributed by atoms with Crippen molar-refractivity contribution in [3.63, 3.8) is 0 Å². The van der Waals surface area contributed by atoms with Gasteiger partial charge in [-0.2, -0.15) is 0 Å². The summed E-state index contributed by atoms with van der Waals surface area (Å²) in [4.78, 5) is 2.56. The number of benzene rings is 1. The first-order valence-electron chi connectivity index (χ1n) is 7.95. The fourth-order valence-corrected chi connectivity index (χ4v) is 3.14. The van der Waals surface area contributed by atoms with Crippen molar-refractivity contribution in [2.75, 3.05) is 19.6 Å². The van der Waals surface area contributed by atoms with Crippen molar-refractivity contribution in [2.45, 2.75) is 31.6 Å². The monoisotopic (exact) mass is 283 g/mol. The van der Waals surface area contributed by atoms with E-state index >= 15 is 0 Å². The smallest absolute Gasteiger partial charge is 0.220 e. The lowest BCUT2D eigenvalue weighted by atomic mass is 10.1. The Bertz CT molecular complexity index is 591. The molecule has 4 heteroatoms. The molecule has 0 amide bonds. The molecular weight excluding hydrogens is 262 g/mol. The summed E-state index contributed by atoms with van der Waals surface area (Å²) in [5, 5.41) is 8.50. The second-order valence-electron chi connectivity index (χ2n) is 6.38. The second-order valence-corrected chi connectivity index (χ2v) is 6.38. The molecule has 1 saturated heterocycles. The van der Waals surface area contributed by atoms with Crippen LogP contribution in [0, 0.1) is 5.92 Å². The predicted molar refractivity (Wildman–Crippen MR) is 80.1 cm³/mol. The van der Waals surface area contributed by atoms with E-state index in [0.717, 1.165) is 37.1 Å². The maximum Gasteiger partial charge on any atom is 0.220 e. The third kappa shape index (κ3) is 3.16. The zero-order chi connectivity index (χ0) is 14.1. The number of likely N-dealkylation sites (tertiary alicyclic amines) is 1. The topological polar surface area (TPSA) is 42.2 Å². The minimum Gasteiger partial charge on any atom is -0.425 e. The first-order valence-corrected chi connectivity index (χ1v) is 7.95. The van der Waals surface area contributed by atoms with E-state index in [1.54, 1.807) is 0 Å². The van der Waals surface area contributed by atoms with Gasteiger partial charge in [-0.15, -0.1) is 10.2 Å². The van der Waals surface area contributed by atoms with Gasteiger partial charge in [0.2, 0.25) is 11.8 Å². The van der Waals surface area contributed by atoms with Crippen LogP contribution in [0.1, 0.15) is 42.5 Å². The van der Waals surface area contributed by atoms with E-state index in [4.69, 9.17) is 4.42 Å². The van der Waals surface area contributed by atoms with Gasteiger partial charge < -0.3 is 9.32 Å². The van der Waals surface area contributed by atoms with Crippen molar-refractivity contribution < 1.29 is 4.42 Å². The molecule has 2 heterocycles. The van der Waals surface area contributed by atoms with Crippen LogP contribution >= 0.6 is 0 Å². The molecule has 0 radical (unpaired) electrons. The molecule has 4 rings (SSSR count). The van der Waals surface area contributed by atoms with Crippen LogP contribution in [0.15, 0.2) is 34.7 Å². The standard InChI is InChI=1S/C17H21N3O/c1-2-4-13(5-3-1)10-16-18-19-17(21-16)15-8-9-20(12-15)11-14-6-7-14/h1-5,14-15H,6-12H2. The molecule has 1 aliphatic heterocycles. The van der Waals surface area contributed by atoms with E-state index in [0.29, 0.717) is 5.92 Å². The Hall–Kier alpha value is -1.68. The minimum absolute atomic E-state index is 0.431. The van der Waals surface area contributed by atoms with Crippen molar-refractivity contribution >= 4 is 0 Å². The molecule has 21 heavy (non-hydrogen) atoms. The lowest BCUT2D eigenvalue weighted by molar-refractivity contribution is 0.313. The summed E-state index contributed by atoms with van der Waals surface area (Å²) in [5.41, 5.74) is 1.22. The van der Waals surface area contributed by atoms with Crippen LogP contribution in [0.3, 0.4) is 0 Å². The number of rotatable bonds is 5. The Balaban J connectivity index is 1.38. The van der Waals surface area contributed by atoms with Gasteiger partial charge in [-0.05, 0) is 37.3 Å². The number of nitrogens with zero attached hydrogens (tertiary/aromatic N) is 3. The summed E-state index contributed by atoms with van der Waals surface area (Å²) in [5.74, 6) is 2.96. The predicted octanol–water partition coefficient (Wildman–Crippen LogP) is 2.86. The normalized spacial score (nSPS) is 22.8. The highest BCUT2D eigenvalue weighted by molar-refractivity contribution is 5.17. The van der Waals surface area contributed by atoms with E-state index in [1.807, 2.05) is 18.2 Å². The zero-order valence-corrected chi connectivity index (χ0v) is 12.2.